The summed E-state index contributed by atoms with van der Waals surface area (Å²) in [4.78, 5) is 14.9. The van der Waals surface area contributed by atoms with Gasteiger partial charge in [0.15, 0.2) is 14.9 Å². The van der Waals surface area contributed by atoms with E-state index in [4.69, 9.17) is 10.5 Å². The minimum absolute atomic E-state index is 0.0133. The molecule has 0 aliphatic heterocycles. The fourth-order valence-electron chi connectivity index (χ4n) is 1.88. The summed E-state index contributed by atoms with van der Waals surface area (Å²) < 4.78 is 29.5. The van der Waals surface area contributed by atoms with Gasteiger partial charge in [-0.25, -0.2) is 13.4 Å². The van der Waals surface area contributed by atoms with Crippen LogP contribution in [0.2, 0.25) is 0 Å². The third-order valence-electron chi connectivity index (χ3n) is 3.16. The van der Waals surface area contributed by atoms with Crippen LogP contribution in [-0.4, -0.2) is 32.2 Å². The summed E-state index contributed by atoms with van der Waals surface area (Å²) in [5, 5.41) is -0.0133. The number of primary amides is 1. The topological polar surface area (TPSA) is 99.3 Å². The van der Waals surface area contributed by atoms with E-state index in [9.17, 15) is 13.2 Å². The Labute approximate surface area is 128 Å². The molecule has 2 N–H and O–H groups in total. The van der Waals surface area contributed by atoms with Crippen molar-refractivity contribution in [2.45, 2.75) is 11.4 Å². The van der Waals surface area contributed by atoms with Crippen LogP contribution < -0.4 is 10.5 Å². The first-order valence-corrected chi connectivity index (χ1v) is 8.19. The molecule has 22 heavy (non-hydrogen) atoms. The number of aryl methyl sites for hydroxylation is 1. The second kappa shape index (κ2) is 6.57. The van der Waals surface area contributed by atoms with E-state index in [2.05, 4.69) is 4.98 Å². The van der Waals surface area contributed by atoms with Gasteiger partial charge in [0.05, 0.1) is 12.9 Å². The van der Waals surface area contributed by atoms with Crippen molar-refractivity contribution < 1.29 is 17.9 Å². The standard InChI is InChI=1S/C15H16N2O4S/c1-21-13-6-8-17-14(10-13)22(19,20)9-7-11-2-4-12(5-3-11)15(16)18/h2-6,8,10H,7,9H2,1H3,(H2,16,18). The van der Waals surface area contributed by atoms with Gasteiger partial charge in [0.25, 0.3) is 0 Å². The minimum Gasteiger partial charge on any atom is -0.497 e. The molecule has 1 aromatic heterocycles. The molecule has 0 atom stereocenters. The molecule has 0 radical (unpaired) electrons. The van der Waals surface area contributed by atoms with Crippen molar-refractivity contribution in [1.29, 1.82) is 0 Å². The highest BCUT2D eigenvalue weighted by Crippen LogP contribution is 2.16. The van der Waals surface area contributed by atoms with E-state index < -0.39 is 15.7 Å². The van der Waals surface area contributed by atoms with Crippen LogP contribution >= 0.6 is 0 Å². The number of carbonyl (C=O) groups excluding carboxylic acids is 1. The molecule has 0 aliphatic carbocycles. The van der Waals surface area contributed by atoms with Crippen LogP contribution in [0, 0.1) is 0 Å². The van der Waals surface area contributed by atoms with Gasteiger partial charge in [0.2, 0.25) is 5.91 Å². The zero-order valence-corrected chi connectivity index (χ0v) is 12.8. The summed E-state index contributed by atoms with van der Waals surface area (Å²) in [7, 11) is -2.04. The lowest BCUT2D eigenvalue weighted by molar-refractivity contribution is 0.100. The molecule has 1 amide bonds. The summed E-state index contributed by atoms with van der Waals surface area (Å²) in [5.74, 6) is -0.151. The number of rotatable bonds is 6. The van der Waals surface area contributed by atoms with Crippen molar-refractivity contribution in [3.63, 3.8) is 0 Å². The molecule has 0 spiro atoms. The predicted molar refractivity (Wildman–Crippen MR) is 81.5 cm³/mol. The van der Waals surface area contributed by atoms with E-state index in [1.54, 1.807) is 30.3 Å². The van der Waals surface area contributed by atoms with Gasteiger partial charge < -0.3 is 10.5 Å². The molecular weight excluding hydrogens is 304 g/mol. The van der Waals surface area contributed by atoms with Crippen molar-refractivity contribution in [3.05, 3.63) is 53.7 Å². The van der Waals surface area contributed by atoms with Crippen molar-refractivity contribution in [3.8, 4) is 5.75 Å². The minimum atomic E-state index is -3.50. The van der Waals surface area contributed by atoms with E-state index in [1.165, 1.54) is 19.4 Å². The molecule has 7 heteroatoms. The van der Waals surface area contributed by atoms with Gasteiger partial charge >= 0.3 is 0 Å². The highest BCUT2D eigenvalue weighted by molar-refractivity contribution is 7.91. The number of amides is 1. The third kappa shape index (κ3) is 3.82. The van der Waals surface area contributed by atoms with Gasteiger partial charge in [-0.1, -0.05) is 12.1 Å². The SMILES string of the molecule is COc1ccnc(S(=O)(=O)CCc2ccc(C(N)=O)cc2)c1. The lowest BCUT2D eigenvalue weighted by Gasteiger charge is -2.06. The fraction of sp³-hybridized carbons (Fsp3) is 0.200. The Bertz CT molecular complexity index is 770. The molecule has 0 saturated carbocycles. The Balaban J connectivity index is 2.10. The predicted octanol–water partition coefficient (Wildman–Crippen LogP) is 1.21. The molecule has 2 aromatic rings. The largest absolute Gasteiger partial charge is 0.497 e. The number of pyridine rings is 1. The van der Waals surface area contributed by atoms with Gasteiger partial charge in [0, 0.05) is 17.8 Å². The number of nitrogens with two attached hydrogens (primary N) is 1. The monoisotopic (exact) mass is 320 g/mol. The van der Waals surface area contributed by atoms with Gasteiger partial charge in [0.1, 0.15) is 5.75 Å². The number of hydrogen-bond donors (Lipinski definition) is 1. The average molecular weight is 320 g/mol. The molecule has 0 unspecified atom stereocenters. The zero-order chi connectivity index (χ0) is 16.2. The Kier molecular flexibility index (Phi) is 4.77. The first kappa shape index (κ1) is 16.0. The van der Waals surface area contributed by atoms with Crippen LogP contribution in [-0.2, 0) is 16.3 Å². The summed E-state index contributed by atoms with van der Waals surface area (Å²) in [6.45, 7) is 0. The highest BCUT2D eigenvalue weighted by atomic mass is 32.2. The quantitative estimate of drug-likeness (QED) is 0.862. The van der Waals surface area contributed by atoms with Crippen molar-refractivity contribution in [1.82, 2.24) is 4.98 Å². The highest BCUT2D eigenvalue weighted by Gasteiger charge is 2.17. The fourth-order valence-corrected chi connectivity index (χ4v) is 3.11. The Morgan fingerprint density at radius 2 is 1.91 bits per heavy atom. The number of carbonyl (C=O) groups is 1. The number of nitrogens with zero attached hydrogens (tertiary/aromatic N) is 1. The summed E-state index contributed by atoms with van der Waals surface area (Å²) in [6.07, 6.45) is 1.72. The average Bonchev–Trinajstić information content (AvgIpc) is 2.53. The van der Waals surface area contributed by atoms with Crippen molar-refractivity contribution in [2.24, 2.45) is 5.73 Å². The van der Waals surface area contributed by atoms with Crippen LogP contribution in [0.3, 0.4) is 0 Å². The van der Waals surface area contributed by atoms with E-state index in [0.29, 0.717) is 17.7 Å². The number of ether oxygens (including phenoxy) is 1. The number of methoxy groups -OCH3 is 1. The Hall–Kier alpha value is -2.41. The molecule has 116 valence electrons. The Morgan fingerprint density at radius 1 is 1.23 bits per heavy atom. The van der Waals surface area contributed by atoms with Gasteiger partial charge in [-0.2, -0.15) is 0 Å². The molecule has 1 aromatic carbocycles. The summed E-state index contributed by atoms with van der Waals surface area (Å²) >= 11 is 0. The van der Waals surface area contributed by atoms with Crippen LogP contribution in [0.1, 0.15) is 15.9 Å². The van der Waals surface area contributed by atoms with Crippen molar-refractivity contribution >= 4 is 15.7 Å². The molecule has 0 saturated heterocycles. The van der Waals surface area contributed by atoms with Gasteiger partial charge in [-0.15, -0.1) is 0 Å². The number of sulfone groups is 1. The number of hydrogen-bond acceptors (Lipinski definition) is 5. The maximum atomic E-state index is 12.3. The van der Waals surface area contributed by atoms with E-state index in [0.717, 1.165) is 5.56 Å². The maximum absolute atomic E-state index is 12.3. The van der Waals surface area contributed by atoms with Crippen LogP contribution in [0.25, 0.3) is 0 Å². The van der Waals surface area contributed by atoms with Gasteiger partial charge in [-0.05, 0) is 30.2 Å². The zero-order valence-electron chi connectivity index (χ0n) is 12.0. The molecule has 1 heterocycles. The normalized spacial score (nSPS) is 11.1. The number of aromatic nitrogens is 1. The summed E-state index contributed by atoms with van der Waals surface area (Å²) in [6, 6.07) is 9.51. The Morgan fingerprint density at radius 3 is 2.50 bits per heavy atom. The first-order valence-electron chi connectivity index (χ1n) is 6.54. The van der Waals surface area contributed by atoms with E-state index >= 15 is 0 Å². The smallest absolute Gasteiger partial charge is 0.248 e. The molecule has 0 aliphatic rings. The van der Waals surface area contributed by atoms with E-state index in [-0.39, 0.29) is 10.8 Å². The van der Waals surface area contributed by atoms with E-state index in [1.807, 2.05) is 0 Å². The lowest BCUT2D eigenvalue weighted by atomic mass is 10.1. The van der Waals surface area contributed by atoms with Crippen LogP contribution in [0.15, 0.2) is 47.6 Å². The first-order chi connectivity index (χ1) is 10.4. The van der Waals surface area contributed by atoms with Crippen molar-refractivity contribution in [2.75, 3.05) is 12.9 Å². The van der Waals surface area contributed by atoms with Crippen LogP contribution in [0.5, 0.6) is 5.75 Å². The van der Waals surface area contributed by atoms with Crippen LogP contribution in [0.4, 0.5) is 0 Å². The second-order valence-corrected chi connectivity index (χ2v) is 6.72. The third-order valence-corrected chi connectivity index (χ3v) is 4.76. The molecule has 6 nitrogen and oxygen atoms in total. The van der Waals surface area contributed by atoms with Gasteiger partial charge in [-0.3, -0.25) is 4.79 Å². The molecule has 0 fully saturated rings. The number of benzene rings is 1. The maximum Gasteiger partial charge on any atom is 0.248 e. The second-order valence-electron chi connectivity index (χ2n) is 4.66. The molecular formula is C15H16N2O4S. The molecule has 0 bridgehead atoms. The molecule has 2 rings (SSSR count). The lowest BCUT2D eigenvalue weighted by Crippen LogP contribution is -2.12. The summed E-state index contributed by atoms with van der Waals surface area (Å²) in [5.41, 5.74) is 6.35.